The Bertz CT molecular complexity index is 599. The fourth-order valence-electron chi connectivity index (χ4n) is 1.59. The number of aromatic nitrogens is 3. The quantitative estimate of drug-likeness (QED) is 0.792. The van der Waals surface area contributed by atoms with Gasteiger partial charge in [0.2, 0.25) is 5.88 Å². The molecule has 0 saturated heterocycles. The second kappa shape index (κ2) is 4.87. The molecular weight excluding hydrogens is 246 g/mol. The van der Waals surface area contributed by atoms with Crippen LogP contribution >= 0.6 is 0 Å². The minimum absolute atomic E-state index is 0.125. The number of fused-ring (bicyclic) bond motifs is 1. The molecule has 6 heteroatoms. The number of carbonyl (C=O) groups is 1. The molecule has 0 radical (unpaired) electrons. The van der Waals surface area contributed by atoms with Crippen LogP contribution in [0.2, 0.25) is 0 Å². The van der Waals surface area contributed by atoms with Gasteiger partial charge in [0.1, 0.15) is 12.0 Å². The first kappa shape index (κ1) is 13.3. The van der Waals surface area contributed by atoms with Crippen LogP contribution in [0.1, 0.15) is 20.8 Å². The van der Waals surface area contributed by atoms with Crippen molar-refractivity contribution in [2.75, 3.05) is 7.11 Å². The smallest absolute Gasteiger partial charge is 0.312 e. The lowest BCUT2D eigenvalue weighted by atomic mass is 9.98. The van der Waals surface area contributed by atoms with E-state index in [2.05, 4.69) is 9.97 Å². The predicted molar refractivity (Wildman–Crippen MR) is 69.6 cm³/mol. The standard InChI is InChI=1S/C13H17N3O3/c1-13(2,3)12(17)19-8-16-6-5-9-10(16)14-7-15-11(9)18-4/h5-7H,8H2,1-4H3. The van der Waals surface area contributed by atoms with E-state index >= 15 is 0 Å². The molecule has 0 amide bonds. The molecule has 2 heterocycles. The van der Waals surface area contributed by atoms with Gasteiger partial charge >= 0.3 is 5.97 Å². The number of nitrogens with zero attached hydrogens (tertiary/aromatic N) is 3. The minimum Gasteiger partial charge on any atom is -0.480 e. The Labute approximate surface area is 111 Å². The highest BCUT2D eigenvalue weighted by Gasteiger charge is 2.23. The van der Waals surface area contributed by atoms with Crippen molar-refractivity contribution in [1.29, 1.82) is 0 Å². The van der Waals surface area contributed by atoms with E-state index in [0.29, 0.717) is 11.5 Å². The van der Waals surface area contributed by atoms with E-state index < -0.39 is 5.41 Å². The second-order valence-electron chi connectivity index (χ2n) is 5.22. The first-order valence-corrected chi connectivity index (χ1v) is 5.94. The zero-order chi connectivity index (χ0) is 14.0. The zero-order valence-electron chi connectivity index (χ0n) is 11.5. The molecule has 19 heavy (non-hydrogen) atoms. The van der Waals surface area contributed by atoms with Crippen molar-refractivity contribution >= 4 is 17.0 Å². The molecule has 0 fully saturated rings. The van der Waals surface area contributed by atoms with Gasteiger partial charge in [-0.15, -0.1) is 0 Å². The number of rotatable bonds is 3. The van der Waals surface area contributed by atoms with Crippen molar-refractivity contribution in [1.82, 2.24) is 14.5 Å². The number of hydrogen-bond acceptors (Lipinski definition) is 5. The molecule has 0 spiro atoms. The van der Waals surface area contributed by atoms with Gasteiger partial charge < -0.3 is 9.47 Å². The minimum atomic E-state index is -0.518. The van der Waals surface area contributed by atoms with E-state index in [1.807, 2.05) is 26.8 Å². The van der Waals surface area contributed by atoms with E-state index in [4.69, 9.17) is 9.47 Å². The van der Waals surface area contributed by atoms with Crippen molar-refractivity contribution in [2.24, 2.45) is 5.41 Å². The van der Waals surface area contributed by atoms with Crippen LogP contribution < -0.4 is 4.74 Å². The number of hydrogen-bond donors (Lipinski definition) is 0. The van der Waals surface area contributed by atoms with E-state index in [-0.39, 0.29) is 12.7 Å². The summed E-state index contributed by atoms with van der Waals surface area (Å²) in [7, 11) is 1.55. The van der Waals surface area contributed by atoms with Crippen LogP contribution in [0.3, 0.4) is 0 Å². The lowest BCUT2D eigenvalue weighted by Gasteiger charge is -2.16. The molecule has 2 aromatic rings. The first-order chi connectivity index (χ1) is 8.93. The maximum atomic E-state index is 11.7. The highest BCUT2D eigenvalue weighted by molar-refractivity contribution is 5.81. The molecule has 2 aromatic heterocycles. The van der Waals surface area contributed by atoms with Gasteiger partial charge in [0.15, 0.2) is 6.73 Å². The topological polar surface area (TPSA) is 66.2 Å². The number of ether oxygens (including phenoxy) is 2. The molecule has 0 saturated carbocycles. The lowest BCUT2D eigenvalue weighted by Crippen LogP contribution is -2.23. The average molecular weight is 263 g/mol. The molecule has 0 aromatic carbocycles. The van der Waals surface area contributed by atoms with Crippen LogP contribution in [0, 0.1) is 5.41 Å². The lowest BCUT2D eigenvalue weighted by molar-refractivity contribution is -0.156. The van der Waals surface area contributed by atoms with Crippen molar-refractivity contribution in [3.05, 3.63) is 18.6 Å². The first-order valence-electron chi connectivity index (χ1n) is 5.94. The summed E-state index contributed by atoms with van der Waals surface area (Å²) in [4.78, 5) is 19.9. The summed E-state index contributed by atoms with van der Waals surface area (Å²) in [6, 6.07) is 1.83. The zero-order valence-corrected chi connectivity index (χ0v) is 11.5. The van der Waals surface area contributed by atoms with Gasteiger partial charge in [-0.05, 0) is 26.8 Å². The summed E-state index contributed by atoms with van der Waals surface area (Å²) in [6.45, 7) is 5.57. The molecule has 2 rings (SSSR count). The Morgan fingerprint density at radius 1 is 1.37 bits per heavy atom. The molecule has 102 valence electrons. The third kappa shape index (κ3) is 2.67. The second-order valence-corrected chi connectivity index (χ2v) is 5.22. The molecule has 0 N–H and O–H groups in total. The Hall–Kier alpha value is -2.11. The average Bonchev–Trinajstić information content (AvgIpc) is 2.77. The molecule has 0 aliphatic rings. The van der Waals surface area contributed by atoms with Crippen molar-refractivity contribution < 1.29 is 14.3 Å². The summed E-state index contributed by atoms with van der Waals surface area (Å²) < 4.78 is 12.1. The van der Waals surface area contributed by atoms with Crippen LogP contribution in [-0.2, 0) is 16.3 Å². The van der Waals surface area contributed by atoms with Gasteiger partial charge in [0.05, 0.1) is 17.9 Å². The van der Waals surface area contributed by atoms with Gasteiger partial charge in [-0.25, -0.2) is 9.97 Å². The SMILES string of the molecule is COc1ncnc2c1ccn2COC(=O)C(C)(C)C. The van der Waals surface area contributed by atoms with E-state index in [0.717, 1.165) is 5.39 Å². The number of methoxy groups -OCH3 is 1. The van der Waals surface area contributed by atoms with Crippen LogP contribution in [0.5, 0.6) is 5.88 Å². The normalized spacial score (nSPS) is 11.6. The van der Waals surface area contributed by atoms with E-state index in [1.165, 1.54) is 6.33 Å². The molecule has 6 nitrogen and oxygen atoms in total. The Morgan fingerprint density at radius 2 is 2.11 bits per heavy atom. The maximum absolute atomic E-state index is 11.7. The highest BCUT2D eigenvalue weighted by atomic mass is 16.5. The molecule has 0 bridgehead atoms. The fraction of sp³-hybridized carbons (Fsp3) is 0.462. The van der Waals surface area contributed by atoms with Crippen LogP contribution in [-0.4, -0.2) is 27.6 Å². The van der Waals surface area contributed by atoms with Crippen molar-refractivity contribution in [2.45, 2.75) is 27.5 Å². The summed E-state index contributed by atoms with van der Waals surface area (Å²) in [6.07, 6.45) is 3.21. The van der Waals surface area contributed by atoms with Gasteiger partial charge in [0.25, 0.3) is 0 Å². The van der Waals surface area contributed by atoms with E-state index in [1.54, 1.807) is 17.9 Å². The van der Waals surface area contributed by atoms with Gasteiger partial charge in [-0.2, -0.15) is 0 Å². The van der Waals surface area contributed by atoms with Crippen LogP contribution in [0.4, 0.5) is 0 Å². The summed E-state index contributed by atoms with van der Waals surface area (Å²) in [5, 5.41) is 0.789. The Kier molecular flexibility index (Phi) is 3.42. The summed E-state index contributed by atoms with van der Waals surface area (Å²) >= 11 is 0. The van der Waals surface area contributed by atoms with Gasteiger partial charge in [0, 0.05) is 6.20 Å². The highest BCUT2D eigenvalue weighted by Crippen LogP contribution is 2.22. The van der Waals surface area contributed by atoms with Gasteiger partial charge in [-0.3, -0.25) is 9.36 Å². The molecule has 0 aliphatic carbocycles. The maximum Gasteiger partial charge on any atom is 0.312 e. The fourth-order valence-corrected chi connectivity index (χ4v) is 1.59. The molecular formula is C13H17N3O3. The number of carbonyl (C=O) groups excluding carboxylic acids is 1. The summed E-state index contributed by atoms with van der Waals surface area (Å²) in [5.41, 5.74) is 0.156. The third-order valence-electron chi connectivity index (χ3n) is 2.66. The van der Waals surface area contributed by atoms with Crippen LogP contribution in [0.15, 0.2) is 18.6 Å². The molecule has 0 aliphatic heterocycles. The monoisotopic (exact) mass is 263 g/mol. The van der Waals surface area contributed by atoms with E-state index in [9.17, 15) is 4.79 Å². The molecule has 0 unspecified atom stereocenters. The molecule has 0 atom stereocenters. The van der Waals surface area contributed by atoms with Gasteiger partial charge in [-0.1, -0.05) is 0 Å². The summed E-state index contributed by atoms with van der Waals surface area (Å²) in [5.74, 6) is 0.251. The largest absolute Gasteiger partial charge is 0.480 e. The van der Waals surface area contributed by atoms with Crippen molar-refractivity contribution in [3.63, 3.8) is 0 Å². The predicted octanol–water partition coefficient (Wildman–Crippen LogP) is 1.99. The third-order valence-corrected chi connectivity index (χ3v) is 2.66. The van der Waals surface area contributed by atoms with Crippen LogP contribution in [0.25, 0.3) is 11.0 Å². The Balaban J connectivity index is 2.21. The Morgan fingerprint density at radius 3 is 2.74 bits per heavy atom. The number of esters is 1. The van der Waals surface area contributed by atoms with Crippen molar-refractivity contribution in [3.8, 4) is 5.88 Å².